The molecular formula is C8H13N3O2. The number of carbonyl (C=O) groups is 1. The van der Waals surface area contributed by atoms with Crippen LogP contribution in [0, 0.1) is 0 Å². The van der Waals surface area contributed by atoms with Gasteiger partial charge < -0.3 is 10.1 Å². The number of hydrogen-bond acceptors (Lipinski definition) is 3. The predicted molar refractivity (Wildman–Crippen MR) is 48.7 cm³/mol. The van der Waals surface area contributed by atoms with Gasteiger partial charge in [0.05, 0.1) is 13.3 Å². The predicted octanol–water partition coefficient (Wildman–Crippen LogP) is 0.777. The van der Waals surface area contributed by atoms with E-state index >= 15 is 0 Å². The number of ether oxygens (including phenoxy) is 1. The molecule has 1 rings (SSSR count). The Kier molecular flexibility index (Phi) is 2.89. The van der Waals surface area contributed by atoms with Gasteiger partial charge in [0.15, 0.2) is 0 Å². The van der Waals surface area contributed by atoms with Gasteiger partial charge in [0.2, 0.25) is 11.8 Å². The van der Waals surface area contributed by atoms with Gasteiger partial charge in [-0.15, -0.1) is 0 Å². The van der Waals surface area contributed by atoms with Crippen molar-refractivity contribution in [1.82, 2.24) is 9.78 Å². The van der Waals surface area contributed by atoms with E-state index in [9.17, 15) is 4.79 Å². The molecule has 0 saturated heterocycles. The van der Waals surface area contributed by atoms with Gasteiger partial charge in [-0.25, -0.2) is 4.68 Å². The maximum absolute atomic E-state index is 11.1. The molecule has 1 N–H and O–H groups in total. The number of rotatable bonds is 3. The van der Waals surface area contributed by atoms with Crippen LogP contribution in [0.25, 0.3) is 0 Å². The molecule has 1 heterocycles. The highest BCUT2D eigenvalue weighted by atomic mass is 16.5. The standard InChI is InChI=1S/C8H13N3O2/c1-4-7(12)10-6-5-9-11(2)8(6)13-3/h5H,4H2,1-3H3,(H,10,12). The van der Waals surface area contributed by atoms with Gasteiger partial charge >= 0.3 is 0 Å². The van der Waals surface area contributed by atoms with Crippen LogP contribution < -0.4 is 10.1 Å². The van der Waals surface area contributed by atoms with Crippen molar-refractivity contribution in [3.05, 3.63) is 6.20 Å². The largest absolute Gasteiger partial charge is 0.480 e. The first-order valence-electron chi connectivity index (χ1n) is 4.04. The van der Waals surface area contributed by atoms with Crippen LogP contribution in [-0.4, -0.2) is 22.8 Å². The minimum absolute atomic E-state index is 0.0497. The van der Waals surface area contributed by atoms with Crippen LogP contribution in [-0.2, 0) is 11.8 Å². The van der Waals surface area contributed by atoms with Gasteiger partial charge in [0.25, 0.3) is 0 Å². The van der Waals surface area contributed by atoms with Crippen molar-refractivity contribution in [2.75, 3.05) is 12.4 Å². The molecule has 1 aromatic rings. The number of hydrogen-bond donors (Lipinski definition) is 1. The number of aromatic nitrogens is 2. The molecule has 0 fully saturated rings. The number of carbonyl (C=O) groups excluding carboxylic acids is 1. The molecule has 5 nitrogen and oxygen atoms in total. The number of anilines is 1. The van der Waals surface area contributed by atoms with Crippen LogP contribution in [0.3, 0.4) is 0 Å². The van der Waals surface area contributed by atoms with Crippen LogP contribution in [0.15, 0.2) is 6.20 Å². The van der Waals surface area contributed by atoms with E-state index in [1.165, 1.54) is 0 Å². The average Bonchev–Trinajstić information content (AvgIpc) is 2.46. The molecule has 5 heteroatoms. The van der Waals surface area contributed by atoms with Gasteiger partial charge in [-0.2, -0.15) is 5.10 Å². The topological polar surface area (TPSA) is 56.2 Å². The third kappa shape index (κ3) is 1.99. The fourth-order valence-electron chi connectivity index (χ4n) is 0.993. The molecule has 72 valence electrons. The highest BCUT2D eigenvalue weighted by Crippen LogP contribution is 2.22. The first-order valence-corrected chi connectivity index (χ1v) is 4.04. The Morgan fingerprint density at radius 3 is 3.00 bits per heavy atom. The Morgan fingerprint density at radius 2 is 2.46 bits per heavy atom. The summed E-state index contributed by atoms with van der Waals surface area (Å²) in [5.74, 6) is 0.508. The third-order valence-corrected chi connectivity index (χ3v) is 1.67. The lowest BCUT2D eigenvalue weighted by molar-refractivity contribution is -0.115. The van der Waals surface area contributed by atoms with Crippen molar-refractivity contribution in [2.45, 2.75) is 13.3 Å². The Labute approximate surface area is 76.7 Å². The summed E-state index contributed by atoms with van der Waals surface area (Å²) in [4.78, 5) is 11.1. The summed E-state index contributed by atoms with van der Waals surface area (Å²) in [7, 11) is 3.29. The highest BCUT2D eigenvalue weighted by Gasteiger charge is 2.09. The fourth-order valence-corrected chi connectivity index (χ4v) is 0.993. The van der Waals surface area contributed by atoms with Crippen LogP contribution in [0.4, 0.5) is 5.69 Å². The Bertz CT molecular complexity index is 306. The van der Waals surface area contributed by atoms with Gasteiger partial charge in [-0.05, 0) is 0 Å². The van der Waals surface area contributed by atoms with Crippen molar-refractivity contribution < 1.29 is 9.53 Å². The second-order valence-electron chi connectivity index (χ2n) is 2.59. The van der Waals surface area contributed by atoms with Crippen molar-refractivity contribution in [1.29, 1.82) is 0 Å². The SMILES string of the molecule is CCC(=O)Nc1cnn(C)c1OC. The van der Waals surface area contributed by atoms with E-state index in [0.29, 0.717) is 18.0 Å². The molecule has 0 saturated carbocycles. The maximum Gasteiger partial charge on any atom is 0.235 e. The average molecular weight is 183 g/mol. The van der Waals surface area contributed by atoms with Gasteiger partial charge in [-0.3, -0.25) is 4.79 Å². The van der Waals surface area contributed by atoms with E-state index in [1.54, 1.807) is 32.0 Å². The van der Waals surface area contributed by atoms with Gasteiger partial charge in [-0.1, -0.05) is 6.92 Å². The molecule has 0 radical (unpaired) electrons. The van der Waals surface area contributed by atoms with Gasteiger partial charge in [0, 0.05) is 13.5 Å². The first kappa shape index (κ1) is 9.57. The maximum atomic E-state index is 11.1. The van der Waals surface area contributed by atoms with Crippen LogP contribution in [0.1, 0.15) is 13.3 Å². The number of aryl methyl sites for hydroxylation is 1. The van der Waals surface area contributed by atoms with E-state index in [-0.39, 0.29) is 5.91 Å². The number of methoxy groups -OCH3 is 1. The molecule has 1 amide bonds. The quantitative estimate of drug-likeness (QED) is 0.753. The van der Waals surface area contributed by atoms with E-state index in [0.717, 1.165) is 0 Å². The van der Waals surface area contributed by atoms with Crippen molar-refractivity contribution in [3.8, 4) is 5.88 Å². The second-order valence-corrected chi connectivity index (χ2v) is 2.59. The molecule has 0 aliphatic carbocycles. The first-order chi connectivity index (χ1) is 6.19. The monoisotopic (exact) mass is 183 g/mol. The molecule has 0 atom stereocenters. The van der Waals surface area contributed by atoms with E-state index in [1.807, 2.05) is 0 Å². The van der Waals surface area contributed by atoms with Crippen molar-refractivity contribution in [2.24, 2.45) is 7.05 Å². The van der Waals surface area contributed by atoms with Crippen molar-refractivity contribution >= 4 is 11.6 Å². The summed E-state index contributed by atoms with van der Waals surface area (Å²) in [6.45, 7) is 1.79. The molecule has 13 heavy (non-hydrogen) atoms. The van der Waals surface area contributed by atoms with Gasteiger partial charge in [0.1, 0.15) is 5.69 Å². The lowest BCUT2D eigenvalue weighted by Crippen LogP contribution is -2.10. The summed E-state index contributed by atoms with van der Waals surface area (Å²) < 4.78 is 6.61. The van der Waals surface area contributed by atoms with Crippen LogP contribution in [0.2, 0.25) is 0 Å². The Balaban J connectivity index is 2.82. The zero-order valence-electron chi connectivity index (χ0n) is 8.00. The zero-order valence-corrected chi connectivity index (χ0v) is 8.00. The molecule has 0 aliphatic rings. The normalized spacial score (nSPS) is 9.77. The van der Waals surface area contributed by atoms with E-state index < -0.39 is 0 Å². The Morgan fingerprint density at radius 1 is 1.77 bits per heavy atom. The lowest BCUT2D eigenvalue weighted by atomic mass is 10.4. The molecule has 0 aliphatic heterocycles. The molecule has 1 aromatic heterocycles. The van der Waals surface area contributed by atoms with Crippen LogP contribution >= 0.6 is 0 Å². The summed E-state index contributed by atoms with van der Waals surface area (Å²) in [5.41, 5.74) is 0.608. The Hall–Kier alpha value is -1.52. The van der Waals surface area contributed by atoms with E-state index in [2.05, 4.69) is 10.4 Å². The molecule has 0 spiro atoms. The molecular weight excluding hydrogens is 170 g/mol. The summed E-state index contributed by atoms with van der Waals surface area (Å²) in [6, 6.07) is 0. The minimum atomic E-state index is -0.0497. The van der Waals surface area contributed by atoms with Crippen LogP contribution in [0.5, 0.6) is 5.88 Å². The summed E-state index contributed by atoms with van der Waals surface area (Å²) in [5, 5.41) is 6.64. The zero-order chi connectivity index (χ0) is 9.84. The van der Waals surface area contributed by atoms with E-state index in [4.69, 9.17) is 4.74 Å². The number of nitrogens with one attached hydrogen (secondary N) is 1. The second kappa shape index (κ2) is 3.93. The number of amides is 1. The number of nitrogens with zero attached hydrogens (tertiary/aromatic N) is 2. The summed E-state index contributed by atoms with van der Waals surface area (Å²) >= 11 is 0. The third-order valence-electron chi connectivity index (χ3n) is 1.67. The summed E-state index contributed by atoms with van der Waals surface area (Å²) in [6.07, 6.45) is 2.00. The minimum Gasteiger partial charge on any atom is -0.480 e. The fraction of sp³-hybridized carbons (Fsp3) is 0.500. The molecule has 0 unspecified atom stereocenters. The van der Waals surface area contributed by atoms with Crippen molar-refractivity contribution in [3.63, 3.8) is 0 Å². The lowest BCUT2D eigenvalue weighted by Gasteiger charge is -2.04. The molecule has 0 aromatic carbocycles. The highest BCUT2D eigenvalue weighted by molar-refractivity contribution is 5.91. The smallest absolute Gasteiger partial charge is 0.235 e. The molecule has 0 bridgehead atoms.